The van der Waals surface area contributed by atoms with Crippen LogP contribution in [0.5, 0.6) is 17.2 Å². The number of methoxy groups -OCH3 is 1. The number of benzene rings is 2. The molecule has 0 bridgehead atoms. The van der Waals surface area contributed by atoms with Crippen LogP contribution in [-0.2, 0) is 22.6 Å². The fourth-order valence-electron chi connectivity index (χ4n) is 4.56. The second kappa shape index (κ2) is 12.1. The SMILES string of the molecule is COc1cc(F)ccc1CN1CCO[C@@H](C(=O)N(Cc2cc(Cl)c3c(c2)OCCCO3)CC(C)C)C1. The molecule has 0 unspecified atom stereocenters. The van der Waals surface area contributed by atoms with E-state index in [2.05, 4.69) is 18.7 Å². The summed E-state index contributed by atoms with van der Waals surface area (Å²) in [6.45, 7) is 8.34. The number of nitrogens with zero attached hydrogens (tertiary/aromatic N) is 2. The van der Waals surface area contributed by atoms with Crippen molar-refractivity contribution in [2.24, 2.45) is 5.92 Å². The van der Waals surface area contributed by atoms with E-state index in [1.54, 1.807) is 6.07 Å². The van der Waals surface area contributed by atoms with Crippen molar-refractivity contribution in [3.63, 3.8) is 0 Å². The summed E-state index contributed by atoms with van der Waals surface area (Å²) in [5.74, 6) is 1.53. The molecule has 4 rings (SSSR count). The molecule has 2 aromatic rings. The second-order valence-corrected chi connectivity index (χ2v) is 10.0. The van der Waals surface area contributed by atoms with Gasteiger partial charge in [-0.25, -0.2) is 4.39 Å². The Morgan fingerprint density at radius 2 is 2.03 bits per heavy atom. The lowest BCUT2D eigenvalue weighted by Crippen LogP contribution is -2.51. The Bertz CT molecular complexity index is 1070. The summed E-state index contributed by atoms with van der Waals surface area (Å²) in [5.41, 5.74) is 1.75. The van der Waals surface area contributed by atoms with Gasteiger partial charge in [-0.2, -0.15) is 0 Å². The highest BCUT2D eigenvalue weighted by Gasteiger charge is 2.31. The topological polar surface area (TPSA) is 60.5 Å². The van der Waals surface area contributed by atoms with Gasteiger partial charge in [0.05, 0.1) is 32.0 Å². The molecule has 9 heteroatoms. The van der Waals surface area contributed by atoms with Gasteiger partial charge in [-0.3, -0.25) is 9.69 Å². The van der Waals surface area contributed by atoms with Gasteiger partial charge in [-0.15, -0.1) is 0 Å². The minimum Gasteiger partial charge on any atom is -0.496 e. The highest BCUT2D eigenvalue weighted by atomic mass is 35.5. The number of fused-ring (bicyclic) bond motifs is 1. The first kappa shape index (κ1) is 26.5. The Kier molecular flexibility index (Phi) is 8.93. The molecule has 2 aliphatic rings. The van der Waals surface area contributed by atoms with E-state index in [9.17, 15) is 9.18 Å². The zero-order valence-corrected chi connectivity index (χ0v) is 21.9. The van der Waals surface area contributed by atoms with Crippen molar-refractivity contribution in [2.75, 3.05) is 46.6 Å². The van der Waals surface area contributed by atoms with E-state index in [-0.39, 0.29) is 17.6 Å². The third-order valence-electron chi connectivity index (χ3n) is 6.20. The van der Waals surface area contributed by atoms with Gasteiger partial charge in [-0.05, 0) is 29.7 Å². The van der Waals surface area contributed by atoms with Crippen molar-refractivity contribution in [2.45, 2.75) is 39.5 Å². The number of carbonyl (C=O) groups is 1. The number of ether oxygens (including phenoxy) is 4. The Balaban J connectivity index is 1.48. The Morgan fingerprint density at radius 1 is 1.22 bits per heavy atom. The Morgan fingerprint density at radius 3 is 2.81 bits per heavy atom. The molecule has 0 N–H and O–H groups in total. The van der Waals surface area contributed by atoms with Gasteiger partial charge < -0.3 is 23.8 Å². The zero-order chi connectivity index (χ0) is 25.7. The molecular formula is C27H34ClFN2O5. The number of hydrogen-bond acceptors (Lipinski definition) is 6. The van der Waals surface area contributed by atoms with Gasteiger partial charge in [0.1, 0.15) is 17.7 Å². The quantitative estimate of drug-likeness (QED) is 0.509. The average Bonchev–Trinajstić information content (AvgIpc) is 3.10. The number of rotatable bonds is 8. The number of amides is 1. The number of hydrogen-bond donors (Lipinski definition) is 0. The smallest absolute Gasteiger partial charge is 0.253 e. The summed E-state index contributed by atoms with van der Waals surface area (Å²) in [7, 11) is 1.53. The lowest BCUT2D eigenvalue weighted by Gasteiger charge is -2.36. The Hall–Kier alpha value is -2.55. The van der Waals surface area contributed by atoms with Crippen LogP contribution in [0.3, 0.4) is 0 Å². The minimum atomic E-state index is -0.597. The molecule has 0 radical (unpaired) electrons. The van der Waals surface area contributed by atoms with Crippen molar-refractivity contribution in [1.29, 1.82) is 0 Å². The molecule has 0 saturated carbocycles. The first-order valence-corrected chi connectivity index (χ1v) is 12.7. The maximum absolute atomic E-state index is 13.6. The number of halogens is 2. The monoisotopic (exact) mass is 520 g/mol. The number of morpholine rings is 1. The van der Waals surface area contributed by atoms with Crippen molar-refractivity contribution in [3.8, 4) is 17.2 Å². The summed E-state index contributed by atoms with van der Waals surface area (Å²) in [5, 5.41) is 0.481. The molecule has 1 saturated heterocycles. The molecule has 1 amide bonds. The first-order chi connectivity index (χ1) is 17.3. The van der Waals surface area contributed by atoms with Gasteiger partial charge in [0.15, 0.2) is 11.5 Å². The molecule has 0 aliphatic carbocycles. The molecule has 1 atom stereocenters. The van der Waals surface area contributed by atoms with E-state index in [4.69, 9.17) is 30.5 Å². The number of carbonyl (C=O) groups excluding carboxylic acids is 1. The fraction of sp³-hybridized carbons (Fsp3) is 0.519. The lowest BCUT2D eigenvalue weighted by molar-refractivity contribution is -0.151. The van der Waals surface area contributed by atoms with Crippen LogP contribution in [0.25, 0.3) is 0 Å². The summed E-state index contributed by atoms with van der Waals surface area (Å²) in [4.78, 5) is 17.6. The predicted octanol–water partition coefficient (Wildman–Crippen LogP) is 4.53. The normalized spacial score (nSPS) is 18.1. The van der Waals surface area contributed by atoms with Gasteiger partial charge in [0, 0.05) is 50.8 Å². The average molecular weight is 521 g/mol. The van der Waals surface area contributed by atoms with Crippen LogP contribution < -0.4 is 14.2 Å². The van der Waals surface area contributed by atoms with E-state index < -0.39 is 6.10 Å². The molecule has 196 valence electrons. The Labute approximate surface area is 217 Å². The van der Waals surface area contributed by atoms with E-state index >= 15 is 0 Å². The minimum absolute atomic E-state index is 0.0669. The third-order valence-corrected chi connectivity index (χ3v) is 6.48. The van der Waals surface area contributed by atoms with Gasteiger partial charge >= 0.3 is 0 Å². The largest absolute Gasteiger partial charge is 0.496 e. The molecule has 2 heterocycles. The van der Waals surface area contributed by atoms with Crippen LogP contribution in [0.2, 0.25) is 5.02 Å². The molecule has 7 nitrogen and oxygen atoms in total. The van der Waals surface area contributed by atoms with Crippen LogP contribution in [-0.4, -0.2) is 68.4 Å². The maximum atomic E-state index is 13.6. The highest BCUT2D eigenvalue weighted by molar-refractivity contribution is 6.32. The van der Waals surface area contributed by atoms with Crippen molar-refractivity contribution in [3.05, 3.63) is 52.3 Å². The second-order valence-electron chi connectivity index (χ2n) is 9.62. The van der Waals surface area contributed by atoms with Gasteiger partial charge in [-0.1, -0.05) is 31.5 Å². The predicted molar refractivity (Wildman–Crippen MR) is 135 cm³/mol. The first-order valence-electron chi connectivity index (χ1n) is 12.4. The van der Waals surface area contributed by atoms with Crippen LogP contribution in [0.4, 0.5) is 4.39 Å². The van der Waals surface area contributed by atoms with Gasteiger partial charge in [0.25, 0.3) is 5.91 Å². The van der Waals surface area contributed by atoms with Crippen LogP contribution in [0.15, 0.2) is 30.3 Å². The summed E-state index contributed by atoms with van der Waals surface area (Å²) < 4.78 is 36.4. The molecule has 0 spiro atoms. The molecule has 2 aromatic carbocycles. The van der Waals surface area contributed by atoms with Gasteiger partial charge in [0.2, 0.25) is 0 Å². The summed E-state index contributed by atoms with van der Waals surface area (Å²) in [6, 6.07) is 8.26. The van der Waals surface area contributed by atoms with E-state index in [1.165, 1.54) is 19.2 Å². The standard InChI is InChI=1S/C27H34ClFN2O5/c1-18(2)14-31(15-19-11-22(28)26-24(12-19)34-8-4-9-36-26)27(32)25-17-30(7-10-35-25)16-20-5-6-21(29)13-23(20)33-3/h5-6,11-13,18,25H,4,7-10,14-17H2,1-3H3/t25-/m1/s1. The molecule has 0 aromatic heterocycles. The molecular weight excluding hydrogens is 487 g/mol. The van der Waals surface area contributed by atoms with E-state index in [0.29, 0.717) is 74.8 Å². The van der Waals surface area contributed by atoms with Crippen molar-refractivity contribution >= 4 is 17.5 Å². The van der Waals surface area contributed by atoms with Crippen LogP contribution in [0, 0.1) is 11.7 Å². The van der Waals surface area contributed by atoms with Crippen LogP contribution >= 0.6 is 11.6 Å². The third kappa shape index (κ3) is 6.60. The van der Waals surface area contributed by atoms with E-state index in [0.717, 1.165) is 17.5 Å². The zero-order valence-electron chi connectivity index (χ0n) is 21.1. The molecule has 36 heavy (non-hydrogen) atoms. The molecule has 1 fully saturated rings. The van der Waals surface area contributed by atoms with Crippen molar-refractivity contribution in [1.82, 2.24) is 9.80 Å². The summed E-state index contributed by atoms with van der Waals surface area (Å²) in [6.07, 6.45) is 0.192. The fourth-order valence-corrected chi connectivity index (χ4v) is 4.85. The summed E-state index contributed by atoms with van der Waals surface area (Å²) >= 11 is 6.49. The molecule has 2 aliphatic heterocycles. The van der Waals surface area contributed by atoms with Crippen molar-refractivity contribution < 1.29 is 28.1 Å². The highest BCUT2D eigenvalue weighted by Crippen LogP contribution is 2.38. The van der Waals surface area contributed by atoms with Crippen LogP contribution in [0.1, 0.15) is 31.4 Å². The lowest BCUT2D eigenvalue weighted by atomic mass is 10.1. The van der Waals surface area contributed by atoms with E-state index in [1.807, 2.05) is 17.0 Å². The maximum Gasteiger partial charge on any atom is 0.253 e.